The molecule has 26 heavy (non-hydrogen) atoms. The summed E-state index contributed by atoms with van der Waals surface area (Å²) < 4.78 is 54.2. The van der Waals surface area contributed by atoms with Crippen molar-refractivity contribution in [3.05, 3.63) is 64.7 Å². The van der Waals surface area contributed by atoms with Gasteiger partial charge in [0, 0.05) is 30.4 Å². The van der Waals surface area contributed by atoms with E-state index in [0.29, 0.717) is 11.6 Å². The fourth-order valence-corrected chi connectivity index (χ4v) is 3.61. The maximum Gasteiger partial charge on any atom is 0.345 e. The minimum atomic E-state index is -3.40. The van der Waals surface area contributed by atoms with Crippen molar-refractivity contribution in [2.45, 2.75) is 5.85 Å². The molecule has 0 bridgehead atoms. The first kappa shape index (κ1) is 20.4. The van der Waals surface area contributed by atoms with E-state index in [0.717, 1.165) is 12.1 Å². The number of esters is 1. The van der Waals surface area contributed by atoms with Gasteiger partial charge in [-0.15, -0.1) is 0 Å². The molecular formula is C17H16ClF2O5P. The van der Waals surface area contributed by atoms with E-state index in [9.17, 15) is 18.1 Å². The lowest BCUT2D eigenvalue weighted by atomic mass is 10.2. The summed E-state index contributed by atoms with van der Waals surface area (Å²) in [5, 5.41) is 0.245. The fourth-order valence-electron chi connectivity index (χ4n) is 2.07. The first-order chi connectivity index (χ1) is 12.2. The Morgan fingerprint density at radius 2 is 1.92 bits per heavy atom. The molecule has 2 atom stereocenters. The van der Waals surface area contributed by atoms with Crippen molar-refractivity contribution in [2.24, 2.45) is 0 Å². The number of carbonyl (C=O) groups excluding carboxylic acids is 1. The SMILES string of the molecule is COP(C)(=O)C(OC(=O)COc1ccc(F)cc1F)c1ccccc1Cl. The highest BCUT2D eigenvalue weighted by atomic mass is 35.5. The predicted octanol–water partition coefficient (Wildman–Crippen LogP) is 4.79. The molecule has 0 aromatic heterocycles. The Hall–Kier alpha value is -1.95. The quantitative estimate of drug-likeness (QED) is 0.490. The van der Waals surface area contributed by atoms with Gasteiger partial charge in [0.15, 0.2) is 18.2 Å². The molecule has 0 saturated heterocycles. The monoisotopic (exact) mass is 404 g/mol. The van der Waals surface area contributed by atoms with Gasteiger partial charge < -0.3 is 14.0 Å². The molecule has 0 fully saturated rings. The number of rotatable bonds is 7. The lowest BCUT2D eigenvalue weighted by Crippen LogP contribution is -2.19. The van der Waals surface area contributed by atoms with E-state index in [1.165, 1.54) is 13.8 Å². The summed E-state index contributed by atoms with van der Waals surface area (Å²) in [5.74, 6) is -4.22. The zero-order valence-electron chi connectivity index (χ0n) is 13.9. The molecule has 5 nitrogen and oxygen atoms in total. The van der Waals surface area contributed by atoms with Crippen molar-refractivity contribution in [1.82, 2.24) is 0 Å². The highest BCUT2D eigenvalue weighted by Gasteiger charge is 2.35. The topological polar surface area (TPSA) is 61.8 Å². The van der Waals surface area contributed by atoms with Crippen LogP contribution in [0.2, 0.25) is 5.02 Å². The molecule has 0 amide bonds. The van der Waals surface area contributed by atoms with Gasteiger partial charge in [-0.05, 0) is 18.2 Å². The second-order valence-electron chi connectivity index (χ2n) is 5.32. The van der Waals surface area contributed by atoms with E-state index in [-0.39, 0.29) is 10.8 Å². The molecule has 9 heteroatoms. The summed E-state index contributed by atoms with van der Waals surface area (Å²) in [6, 6.07) is 9.07. The van der Waals surface area contributed by atoms with Gasteiger partial charge in [-0.3, -0.25) is 4.57 Å². The first-order valence-corrected chi connectivity index (χ1v) is 9.91. The number of ether oxygens (including phenoxy) is 2. The van der Waals surface area contributed by atoms with Crippen molar-refractivity contribution >= 4 is 24.9 Å². The van der Waals surface area contributed by atoms with Gasteiger partial charge >= 0.3 is 5.97 Å². The zero-order valence-corrected chi connectivity index (χ0v) is 15.6. The van der Waals surface area contributed by atoms with Gasteiger partial charge in [-0.25, -0.2) is 13.6 Å². The largest absolute Gasteiger partial charge is 0.479 e. The summed E-state index contributed by atoms with van der Waals surface area (Å²) in [6.07, 6.45) is 0. The molecule has 0 aliphatic heterocycles. The summed E-state index contributed by atoms with van der Waals surface area (Å²) >= 11 is 6.09. The molecule has 0 heterocycles. The Balaban J connectivity index is 2.14. The molecule has 2 rings (SSSR count). The van der Waals surface area contributed by atoms with Crippen LogP contribution in [0.5, 0.6) is 5.75 Å². The normalized spacial score (nSPS) is 14.3. The molecular weight excluding hydrogens is 389 g/mol. The first-order valence-electron chi connectivity index (χ1n) is 7.39. The number of hydrogen-bond donors (Lipinski definition) is 0. The van der Waals surface area contributed by atoms with Gasteiger partial charge in [0.1, 0.15) is 5.82 Å². The third kappa shape index (κ3) is 5.04. The van der Waals surface area contributed by atoms with Gasteiger partial charge in [0.25, 0.3) is 0 Å². The van der Waals surface area contributed by atoms with E-state index in [4.69, 9.17) is 25.6 Å². The lowest BCUT2D eigenvalue weighted by Gasteiger charge is -2.24. The van der Waals surface area contributed by atoms with Crippen molar-refractivity contribution in [2.75, 3.05) is 20.4 Å². The highest BCUT2D eigenvalue weighted by Crippen LogP contribution is 2.58. The van der Waals surface area contributed by atoms with E-state index in [1.807, 2.05) is 0 Å². The summed E-state index contributed by atoms with van der Waals surface area (Å²) in [6.45, 7) is 0.627. The molecule has 2 unspecified atom stereocenters. The fraction of sp³-hybridized carbons (Fsp3) is 0.235. The van der Waals surface area contributed by atoms with Crippen molar-refractivity contribution < 1.29 is 32.1 Å². The molecule has 2 aromatic carbocycles. The van der Waals surface area contributed by atoms with Crippen LogP contribution in [0.15, 0.2) is 42.5 Å². The average Bonchev–Trinajstić information content (AvgIpc) is 2.59. The van der Waals surface area contributed by atoms with Crippen LogP contribution in [0.25, 0.3) is 0 Å². The second-order valence-corrected chi connectivity index (χ2v) is 8.38. The smallest absolute Gasteiger partial charge is 0.345 e. The third-order valence-corrected chi connectivity index (χ3v) is 5.75. The van der Waals surface area contributed by atoms with Crippen molar-refractivity contribution in [3.63, 3.8) is 0 Å². The molecule has 0 spiro atoms. The van der Waals surface area contributed by atoms with Gasteiger partial charge in [-0.2, -0.15) is 0 Å². The van der Waals surface area contributed by atoms with Gasteiger partial charge in [-0.1, -0.05) is 29.8 Å². The molecule has 2 aromatic rings. The number of benzene rings is 2. The second kappa shape index (κ2) is 8.62. The molecule has 0 aliphatic rings. The van der Waals surface area contributed by atoms with Crippen LogP contribution < -0.4 is 4.74 Å². The molecule has 0 N–H and O–H groups in total. The Kier molecular flexibility index (Phi) is 6.75. The maximum atomic E-state index is 13.5. The molecule has 0 radical (unpaired) electrons. The van der Waals surface area contributed by atoms with Crippen LogP contribution in [-0.4, -0.2) is 26.4 Å². The Morgan fingerprint density at radius 1 is 1.23 bits per heavy atom. The number of carbonyl (C=O) groups is 1. The summed E-state index contributed by atoms with van der Waals surface area (Å²) in [7, 11) is -2.18. The Labute approximate surface area is 154 Å². The van der Waals surface area contributed by atoms with Crippen LogP contribution in [0, 0.1) is 11.6 Å². The van der Waals surface area contributed by atoms with E-state index in [1.54, 1.807) is 24.3 Å². The van der Waals surface area contributed by atoms with Crippen molar-refractivity contribution in [3.8, 4) is 5.75 Å². The number of hydrogen-bond acceptors (Lipinski definition) is 5. The average molecular weight is 405 g/mol. The minimum absolute atomic E-state index is 0.245. The van der Waals surface area contributed by atoms with E-state index < -0.39 is 37.4 Å². The summed E-state index contributed by atoms with van der Waals surface area (Å²) in [5.41, 5.74) is 0.308. The maximum absolute atomic E-state index is 13.5. The Bertz CT molecular complexity index is 846. The van der Waals surface area contributed by atoms with E-state index in [2.05, 4.69) is 0 Å². The van der Waals surface area contributed by atoms with Crippen LogP contribution in [0.4, 0.5) is 8.78 Å². The molecule has 0 saturated carbocycles. The lowest BCUT2D eigenvalue weighted by molar-refractivity contribution is -0.148. The van der Waals surface area contributed by atoms with Crippen molar-refractivity contribution in [1.29, 1.82) is 0 Å². The Morgan fingerprint density at radius 3 is 2.54 bits per heavy atom. The van der Waals surface area contributed by atoms with Crippen LogP contribution in [0.1, 0.15) is 11.4 Å². The van der Waals surface area contributed by atoms with Crippen LogP contribution in [-0.2, 0) is 18.6 Å². The predicted molar refractivity (Wildman–Crippen MR) is 92.7 cm³/mol. The van der Waals surface area contributed by atoms with E-state index >= 15 is 0 Å². The number of halogens is 3. The van der Waals surface area contributed by atoms with Gasteiger partial charge in [0.05, 0.1) is 0 Å². The standard InChI is InChI=1S/C17H16ClF2O5P/c1-23-26(2,22)17(12-5-3-4-6-13(12)18)25-16(21)10-24-15-8-7-11(19)9-14(15)20/h3-9,17H,10H2,1-2H3. The minimum Gasteiger partial charge on any atom is -0.479 e. The summed E-state index contributed by atoms with van der Waals surface area (Å²) in [4.78, 5) is 12.1. The van der Waals surface area contributed by atoms with Crippen LogP contribution >= 0.6 is 19.0 Å². The molecule has 140 valence electrons. The third-order valence-electron chi connectivity index (χ3n) is 3.44. The highest BCUT2D eigenvalue weighted by molar-refractivity contribution is 7.58. The zero-order chi connectivity index (χ0) is 19.3. The van der Waals surface area contributed by atoms with Crippen LogP contribution in [0.3, 0.4) is 0 Å². The van der Waals surface area contributed by atoms with Gasteiger partial charge in [0.2, 0.25) is 13.2 Å². The molecule has 0 aliphatic carbocycles.